The lowest BCUT2D eigenvalue weighted by Crippen LogP contribution is -2.42. The van der Waals surface area contributed by atoms with Gasteiger partial charge in [-0.15, -0.1) is 0 Å². The Morgan fingerprint density at radius 1 is 1.15 bits per heavy atom. The van der Waals surface area contributed by atoms with Crippen molar-refractivity contribution in [3.05, 3.63) is 70.9 Å². The first kappa shape index (κ1) is 22.9. The molecular formula is C25H28N4O3S. The lowest BCUT2D eigenvalue weighted by Gasteiger charge is -2.40. The number of aryl methyl sites for hydroxylation is 1. The second kappa shape index (κ2) is 10.1. The number of urea groups is 1. The van der Waals surface area contributed by atoms with E-state index in [1.807, 2.05) is 62.4 Å². The Morgan fingerprint density at radius 3 is 2.76 bits per heavy atom. The number of rotatable bonds is 5. The normalized spacial score (nSPS) is 17.7. The maximum absolute atomic E-state index is 12.9. The van der Waals surface area contributed by atoms with Crippen LogP contribution in [0, 0.1) is 6.92 Å². The molecule has 1 unspecified atom stereocenters. The first-order valence-electron chi connectivity index (χ1n) is 11.1. The van der Waals surface area contributed by atoms with Gasteiger partial charge in [0.2, 0.25) is 0 Å². The van der Waals surface area contributed by atoms with Gasteiger partial charge >= 0.3 is 12.0 Å². The zero-order valence-corrected chi connectivity index (χ0v) is 19.9. The number of anilines is 2. The van der Waals surface area contributed by atoms with Crippen molar-refractivity contribution in [3.63, 3.8) is 0 Å². The number of para-hydroxylation sites is 1. The van der Waals surface area contributed by atoms with Crippen LogP contribution >= 0.6 is 11.8 Å². The molecule has 2 aromatic rings. The topological polar surface area (TPSA) is 83.0 Å². The van der Waals surface area contributed by atoms with Crippen molar-refractivity contribution in [1.29, 1.82) is 0 Å². The number of nitrogens with one attached hydrogen (secondary N) is 2. The van der Waals surface area contributed by atoms with Gasteiger partial charge < -0.3 is 20.3 Å². The summed E-state index contributed by atoms with van der Waals surface area (Å²) in [7, 11) is 0. The Balaban J connectivity index is 1.62. The predicted octanol–water partition coefficient (Wildman–Crippen LogP) is 5.33. The van der Waals surface area contributed by atoms with E-state index >= 15 is 0 Å². The molecule has 2 aromatic carbocycles. The van der Waals surface area contributed by atoms with Gasteiger partial charge in [0.1, 0.15) is 0 Å². The number of aliphatic imine (C=N–C) groups is 1. The smallest absolute Gasteiger partial charge is 0.338 e. The van der Waals surface area contributed by atoms with Crippen LogP contribution in [0.15, 0.2) is 64.8 Å². The van der Waals surface area contributed by atoms with Gasteiger partial charge in [0.25, 0.3) is 0 Å². The fraction of sp³-hybridized carbons (Fsp3) is 0.320. The van der Waals surface area contributed by atoms with Gasteiger partial charge in [-0.1, -0.05) is 42.1 Å². The van der Waals surface area contributed by atoms with Gasteiger partial charge in [-0.2, -0.15) is 0 Å². The predicted molar refractivity (Wildman–Crippen MR) is 134 cm³/mol. The number of ether oxygens (including phenoxy) is 1. The van der Waals surface area contributed by atoms with Crippen molar-refractivity contribution in [1.82, 2.24) is 4.90 Å². The lowest BCUT2D eigenvalue weighted by atomic mass is 9.94. The highest BCUT2D eigenvalue weighted by Gasteiger charge is 2.37. The first-order chi connectivity index (χ1) is 16.0. The van der Waals surface area contributed by atoms with E-state index in [1.165, 1.54) is 0 Å². The number of thioether (sulfide) groups is 1. The van der Waals surface area contributed by atoms with Crippen LogP contribution in [0.2, 0.25) is 0 Å². The highest BCUT2D eigenvalue weighted by atomic mass is 32.2. The second-order valence-corrected chi connectivity index (χ2v) is 8.99. The number of hydrogen-bond acceptors (Lipinski definition) is 6. The van der Waals surface area contributed by atoms with Gasteiger partial charge in [0.15, 0.2) is 5.17 Å². The first-order valence-corrected chi connectivity index (χ1v) is 12.1. The van der Waals surface area contributed by atoms with Crippen LogP contribution in [-0.4, -0.2) is 41.0 Å². The number of allylic oxidation sites excluding steroid dienone is 1. The van der Waals surface area contributed by atoms with E-state index in [2.05, 4.69) is 15.5 Å². The van der Waals surface area contributed by atoms with Crippen LogP contribution in [0.4, 0.5) is 16.2 Å². The molecule has 1 fully saturated rings. The number of fused-ring (bicyclic) bond motifs is 1. The quantitative estimate of drug-likeness (QED) is 0.585. The summed E-state index contributed by atoms with van der Waals surface area (Å²) in [5, 5.41) is 6.72. The Bertz CT molecular complexity index is 1130. The van der Waals surface area contributed by atoms with Gasteiger partial charge in [0, 0.05) is 23.7 Å². The molecule has 4 rings (SSSR count). The van der Waals surface area contributed by atoms with Crippen molar-refractivity contribution in [2.24, 2.45) is 4.99 Å². The maximum Gasteiger partial charge on any atom is 0.338 e. The molecule has 0 bridgehead atoms. The summed E-state index contributed by atoms with van der Waals surface area (Å²) >= 11 is 1.70. The molecule has 0 radical (unpaired) electrons. The minimum atomic E-state index is -0.353. The number of amides is 2. The fourth-order valence-corrected chi connectivity index (χ4v) is 5.09. The molecule has 8 heteroatoms. The van der Waals surface area contributed by atoms with Crippen LogP contribution in [-0.2, 0) is 9.53 Å². The van der Waals surface area contributed by atoms with E-state index < -0.39 is 0 Å². The molecule has 1 saturated heterocycles. The second-order valence-electron chi connectivity index (χ2n) is 7.93. The van der Waals surface area contributed by atoms with Crippen molar-refractivity contribution >= 4 is 40.3 Å². The number of nitrogens with zero attached hydrogens (tertiary/aromatic N) is 2. The minimum Gasteiger partial charge on any atom is -0.463 e. The molecule has 7 nitrogen and oxygen atoms in total. The molecule has 172 valence electrons. The van der Waals surface area contributed by atoms with Crippen molar-refractivity contribution < 1.29 is 14.3 Å². The number of carbonyl (C=O) groups is 2. The molecule has 2 amide bonds. The molecule has 2 aliphatic rings. The molecule has 2 heterocycles. The molecule has 33 heavy (non-hydrogen) atoms. The molecule has 2 N–H and O–H groups in total. The summed E-state index contributed by atoms with van der Waals surface area (Å²) in [6.45, 7) is 6.71. The third kappa shape index (κ3) is 5.06. The number of hydrogen-bond donors (Lipinski definition) is 2. The lowest BCUT2D eigenvalue weighted by molar-refractivity contribution is -0.139. The summed E-state index contributed by atoms with van der Waals surface area (Å²) in [6, 6.07) is 14.6. The zero-order chi connectivity index (χ0) is 23.4. The molecule has 0 aromatic heterocycles. The number of esters is 1. The highest BCUT2D eigenvalue weighted by molar-refractivity contribution is 8.13. The van der Waals surface area contributed by atoms with E-state index in [9.17, 15) is 9.59 Å². The number of amidine groups is 1. The Morgan fingerprint density at radius 2 is 1.97 bits per heavy atom. The monoisotopic (exact) mass is 464 g/mol. The van der Waals surface area contributed by atoms with E-state index in [0.29, 0.717) is 23.6 Å². The molecule has 1 atom stereocenters. The number of benzene rings is 2. The van der Waals surface area contributed by atoms with Crippen molar-refractivity contribution in [3.8, 4) is 0 Å². The molecule has 0 spiro atoms. The van der Waals surface area contributed by atoms with Crippen LogP contribution in [0.25, 0.3) is 0 Å². The largest absolute Gasteiger partial charge is 0.463 e. The van der Waals surface area contributed by atoms with E-state index in [0.717, 1.165) is 40.7 Å². The Labute approximate surface area is 198 Å². The van der Waals surface area contributed by atoms with Crippen LogP contribution in [0.1, 0.15) is 37.4 Å². The van der Waals surface area contributed by atoms with E-state index in [-0.39, 0.29) is 18.0 Å². The van der Waals surface area contributed by atoms with Gasteiger partial charge in [-0.05, 0) is 56.5 Å². The third-order valence-electron chi connectivity index (χ3n) is 5.61. The van der Waals surface area contributed by atoms with Crippen molar-refractivity contribution in [2.45, 2.75) is 33.2 Å². The molecule has 2 aliphatic heterocycles. The van der Waals surface area contributed by atoms with Crippen LogP contribution in [0.3, 0.4) is 0 Å². The standard InChI is InChI=1S/C25H28N4O3S/c1-4-32-23(30)21-17(3)26-25-29(13-8-14-33-25)22(21)18-10-7-11-19(15-18)27-24(31)28-20-12-6-5-9-16(20)2/h5-7,9-12,15,22H,4,8,13-14H2,1-3H3,(H2,27,28,31). The summed E-state index contributed by atoms with van der Waals surface area (Å²) in [5.41, 5.74) is 4.51. The Hall–Kier alpha value is -3.26. The summed E-state index contributed by atoms with van der Waals surface area (Å²) in [4.78, 5) is 32.4. The molecule has 0 saturated carbocycles. The zero-order valence-electron chi connectivity index (χ0n) is 19.1. The van der Waals surface area contributed by atoms with Crippen molar-refractivity contribution in [2.75, 3.05) is 29.5 Å². The number of carbonyl (C=O) groups excluding carboxylic acids is 2. The summed E-state index contributed by atoms with van der Waals surface area (Å²) in [5.74, 6) is 0.652. The summed E-state index contributed by atoms with van der Waals surface area (Å²) in [6.07, 6.45) is 1.01. The fourth-order valence-electron chi connectivity index (χ4n) is 4.07. The maximum atomic E-state index is 12.9. The van der Waals surface area contributed by atoms with Crippen LogP contribution in [0.5, 0.6) is 0 Å². The SMILES string of the molecule is CCOC(=O)C1=C(C)N=C2SCCCN2C1c1cccc(NC(=O)Nc2ccccc2C)c1. The average molecular weight is 465 g/mol. The van der Waals surface area contributed by atoms with Gasteiger partial charge in [-0.25, -0.2) is 14.6 Å². The summed E-state index contributed by atoms with van der Waals surface area (Å²) < 4.78 is 5.38. The van der Waals surface area contributed by atoms with Crippen LogP contribution < -0.4 is 10.6 Å². The van der Waals surface area contributed by atoms with Gasteiger partial charge in [-0.3, -0.25) is 0 Å². The Kier molecular flexibility index (Phi) is 7.03. The van der Waals surface area contributed by atoms with E-state index in [4.69, 9.17) is 9.73 Å². The molecule has 0 aliphatic carbocycles. The van der Waals surface area contributed by atoms with E-state index in [1.54, 1.807) is 18.7 Å². The van der Waals surface area contributed by atoms with Gasteiger partial charge in [0.05, 0.1) is 23.9 Å². The average Bonchev–Trinajstić information content (AvgIpc) is 2.80. The molecular weight excluding hydrogens is 436 g/mol. The third-order valence-corrected chi connectivity index (χ3v) is 6.68. The minimum absolute atomic E-state index is 0.300. The highest BCUT2D eigenvalue weighted by Crippen LogP contribution is 2.40.